The smallest absolute Gasteiger partial charge is 0.233 e. The summed E-state index contributed by atoms with van der Waals surface area (Å²) < 4.78 is 0. The third-order valence-electron chi connectivity index (χ3n) is 3.34. The number of likely N-dealkylation sites (N-methyl/N-ethyl adjacent to an activating group) is 1. The van der Waals surface area contributed by atoms with Gasteiger partial charge in [0.25, 0.3) is 0 Å². The van der Waals surface area contributed by atoms with Crippen molar-refractivity contribution in [2.45, 2.75) is 23.8 Å². The van der Waals surface area contributed by atoms with Crippen LogP contribution in [0, 0.1) is 0 Å². The molecule has 0 aromatic heterocycles. The monoisotopic (exact) mass is 316 g/mol. The molecule has 0 saturated carbocycles. The van der Waals surface area contributed by atoms with Gasteiger partial charge in [0.2, 0.25) is 5.91 Å². The van der Waals surface area contributed by atoms with Crippen molar-refractivity contribution in [3.8, 4) is 5.75 Å². The van der Waals surface area contributed by atoms with Crippen LogP contribution >= 0.6 is 24.2 Å². The molecule has 1 fully saturated rings. The summed E-state index contributed by atoms with van der Waals surface area (Å²) in [6.45, 7) is 1.75. The molecule has 2 N–H and O–H groups in total. The Bertz CT molecular complexity index is 428. The number of carbonyl (C=O) groups excluding carboxylic acids is 1. The largest absolute Gasteiger partial charge is 0.508 e. The Balaban J connectivity index is 0.00000200. The maximum atomic E-state index is 12.2. The summed E-state index contributed by atoms with van der Waals surface area (Å²) in [4.78, 5) is 15.2. The van der Waals surface area contributed by atoms with Crippen LogP contribution in [0.2, 0.25) is 0 Å². The van der Waals surface area contributed by atoms with Crippen LogP contribution in [0.15, 0.2) is 29.2 Å². The molecule has 1 saturated heterocycles. The number of phenolic OH excluding ortho intramolecular Hbond substituents is 1. The van der Waals surface area contributed by atoms with E-state index in [1.165, 1.54) is 11.8 Å². The van der Waals surface area contributed by atoms with Gasteiger partial charge in [-0.2, -0.15) is 0 Å². The molecule has 1 amide bonds. The number of hydrogen-bond donors (Lipinski definition) is 2. The van der Waals surface area contributed by atoms with E-state index in [1.54, 1.807) is 12.1 Å². The molecular weight excluding hydrogens is 296 g/mol. The normalized spacial score (nSPS) is 17.9. The summed E-state index contributed by atoms with van der Waals surface area (Å²) in [5.41, 5.74) is 0. The van der Waals surface area contributed by atoms with Crippen LogP contribution in [0.5, 0.6) is 5.75 Å². The van der Waals surface area contributed by atoms with Crippen LogP contribution in [-0.2, 0) is 4.79 Å². The fraction of sp³-hybridized carbons (Fsp3) is 0.500. The van der Waals surface area contributed by atoms with E-state index in [4.69, 9.17) is 0 Å². The minimum atomic E-state index is 0. The van der Waals surface area contributed by atoms with Crippen molar-refractivity contribution in [1.82, 2.24) is 10.2 Å². The molecule has 6 heteroatoms. The van der Waals surface area contributed by atoms with Crippen LogP contribution < -0.4 is 5.32 Å². The first-order valence-corrected chi connectivity index (χ1v) is 7.55. The van der Waals surface area contributed by atoms with E-state index < -0.39 is 0 Å². The van der Waals surface area contributed by atoms with Crippen molar-refractivity contribution in [1.29, 1.82) is 0 Å². The highest BCUT2D eigenvalue weighted by Gasteiger charge is 2.27. The fourth-order valence-corrected chi connectivity index (χ4v) is 3.17. The van der Waals surface area contributed by atoms with Gasteiger partial charge in [0.1, 0.15) is 5.75 Å². The Labute approximate surface area is 130 Å². The van der Waals surface area contributed by atoms with Crippen molar-refractivity contribution in [3.63, 3.8) is 0 Å². The summed E-state index contributed by atoms with van der Waals surface area (Å²) in [6.07, 6.45) is 2.19. The quantitative estimate of drug-likeness (QED) is 0.817. The Morgan fingerprint density at radius 1 is 1.45 bits per heavy atom. The maximum absolute atomic E-state index is 12.2. The van der Waals surface area contributed by atoms with E-state index >= 15 is 0 Å². The van der Waals surface area contributed by atoms with Gasteiger partial charge in [0, 0.05) is 24.0 Å². The van der Waals surface area contributed by atoms with E-state index in [-0.39, 0.29) is 24.1 Å². The van der Waals surface area contributed by atoms with E-state index in [0.29, 0.717) is 11.8 Å². The first kappa shape index (κ1) is 17.1. The minimum Gasteiger partial charge on any atom is -0.508 e. The van der Waals surface area contributed by atoms with Crippen LogP contribution in [0.3, 0.4) is 0 Å². The van der Waals surface area contributed by atoms with Gasteiger partial charge in [-0.3, -0.25) is 4.79 Å². The van der Waals surface area contributed by atoms with E-state index in [1.807, 2.05) is 24.1 Å². The topological polar surface area (TPSA) is 52.6 Å². The van der Waals surface area contributed by atoms with Crippen molar-refractivity contribution in [3.05, 3.63) is 24.3 Å². The number of nitrogens with zero attached hydrogens (tertiary/aromatic N) is 1. The SMILES string of the molecule is CNCC1CCCN1C(=O)CSc1ccc(O)cc1.Cl. The lowest BCUT2D eigenvalue weighted by molar-refractivity contribution is -0.129. The van der Waals surface area contributed by atoms with Gasteiger partial charge in [-0.25, -0.2) is 0 Å². The van der Waals surface area contributed by atoms with Crippen LogP contribution in [0.25, 0.3) is 0 Å². The lowest BCUT2D eigenvalue weighted by Crippen LogP contribution is -2.41. The van der Waals surface area contributed by atoms with E-state index in [0.717, 1.165) is 30.8 Å². The standard InChI is InChI=1S/C14H20N2O2S.ClH/c1-15-9-11-3-2-8-16(11)14(18)10-19-13-6-4-12(17)5-7-13;/h4-7,11,15,17H,2-3,8-10H2,1H3;1H. The highest BCUT2D eigenvalue weighted by Crippen LogP contribution is 2.23. The molecule has 4 nitrogen and oxygen atoms in total. The van der Waals surface area contributed by atoms with Gasteiger partial charge >= 0.3 is 0 Å². The second kappa shape index (κ2) is 8.39. The third-order valence-corrected chi connectivity index (χ3v) is 4.33. The van der Waals surface area contributed by atoms with Gasteiger partial charge in [-0.15, -0.1) is 24.2 Å². The summed E-state index contributed by atoms with van der Waals surface area (Å²) in [5, 5.41) is 12.4. The molecule has 1 aliphatic rings. The lowest BCUT2D eigenvalue weighted by Gasteiger charge is -2.24. The predicted molar refractivity (Wildman–Crippen MR) is 84.7 cm³/mol. The highest BCUT2D eigenvalue weighted by molar-refractivity contribution is 8.00. The Hall–Kier alpha value is -0.910. The van der Waals surface area contributed by atoms with Crippen molar-refractivity contribution in [2.24, 2.45) is 0 Å². The molecule has 0 bridgehead atoms. The first-order valence-electron chi connectivity index (χ1n) is 6.56. The Morgan fingerprint density at radius 2 is 2.15 bits per heavy atom. The molecule has 1 atom stereocenters. The highest BCUT2D eigenvalue weighted by atomic mass is 35.5. The minimum absolute atomic E-state index is 0. The number of halogens is 1. The molecule has 0 radical (unpaired) electrons. The Morgan fingerprint density at radius 3 is 2.80 bits per heavy atom. The number of phenols is 1. The zero-order valence-electron chi connectivity index (χ0n) is 11.5. The van der Waals surface area contributed by atoms with E-state index in [9.17, 15) is 9.90 Å². The molecule has 0 spiro atoms. The molecule has 1 aromatic carbocycles. The maximum Gasteiger partial charge on any atom is 0.233 e. The lowest BCUT2D eigenvalue weighted by atomic mass is 10.2. The van der Waals surface area contributed by atoms with Crippen LogP contribution in [0.1, 0.15) is 12.8 Å². The first-order chi connectivity index (χ1) is 9.20. The van der Waals surface area contributed by atoms with Crippen molar-refractivity contribution in [2.75, 3.05) is 25.9 Å². The van der Waals surface area contributed by atoms with Gasteiger partial charge in [-0.05, 0) is 44.2 Å². The fourth-order valence-electron chi connectivity index (χ4n) is 2.38. The molecule has 0 aliphatic carbocycles. The zero-order valence-corrected chi connectivity index (χ0v) is 13.2. The molecule has 1 unspecified atom stereocenters. The number of rotatable bonds is 5. The molecule has 20 heavy (non-hydrogen) atoms. The second-order valence-electron chi connectivity index (χ2n) is 4.72. The summed E-state index contributed by atoms with van der Waals surface area (Å²) in [7, 11) is 1.92. The van der Waals surface area contributed by atoms with Crippen molar-refractivity contribution < 1.29 is 9.90 Å². The molecule has 1 aromatic rings. The van der Waals surface area contributed by atoms with Gasteiger partial charge < -0.3 is 15.3 Å². The molecule has 1 heterocycles. The summed E-state index contributed by atoms with van der Waals surface area (Å²) >= 11 is 1.52. The molecular formula is C14H21ClN2O2S. The number of thioether (sulfide) groups is 1. The number of likely N-dealkylation sites (tertiary alicyclic amines) is 1. The average Bonchev–Trinajstić information content (AvgIpc) is 2.86. The summed E-state index contributed by atoms with van der Waals surface area (Å²) in [5.74, 6) is 0.922. The average molecular weight is 317 g/mol. The van der Waals surface area contributed by atoms with Gasteiger partial charge in [0.05, 0.1) is 5.75 Å². The van der Waals surface area contributed by atoms with E-state index in [2.05, 4.69) is 5.32 Å². The Kier molecular flexibility index (Phi) is 7.19. The third kappa shape index (κ3) is 4.58. The van der Waals surface area contributed by atoms with Crippen LogP contribution in [0.4, 0.5) is 0 Å². The van der Waals surface area contributed by atoms with Gasteiger partial charge in [-0.1, -0.05) is 0 Å². The second-order valence-corrected chi connectivity index (χ2v) is 5.77. The van der Waals surface area contributed by atoms with Crippen LogP contribution in [-0.4, -0.2) is 47.8 Å². The van der Waals surface area contributed by atoms with Gasteiger partial charge in [0.15, 0.2) is 0 Å². The zero-order chi connectivity index (χ0) is 13.7. The summed E-state index contributed by atoms with van der Waals surface area (Å²) in [6, 6.07) is 7.31. The molecule has 2 rings (SSSR count). The number of amides is 1. The number of nitrogens with one attached hydrogen (secondary N) is 1. The number of aromatic hydroxyl groups is 1. The molecule has 1 aliphatic heterocycles. The number of hydrogen-bond acceptors (Lipinski definition) is 4. The van der Waals surface area contributed by atoms with Crippen molar-refractivity contribution >= 4 is 30.1 Å². The molecule has 112 valence electrons. The number of benzene rings is 1. The predicted octanol–water partition coefficient (Wildman–Crippen LogP) is 2.12. The number of carbonyl (C=O) groups is 1.